The van der Waals surface area contributed by atoms with Crippen molar-refractivity contribution in [1.82, 2.24) is 20.6 Å². The van der Waals surface area contributed by atoms with E-state index in [0.29, 0.717) is 28.5 Å². The number of methoxy groups -OCH3 is 2. The summed E-state index contributed by atoms with van der Waals surface area (Å²) in [5.74, 6) is 2.27. The summed E-state index contributed by atoms with van der Waals surface area (Å²) in [6.45, 7) is 12.7. The highest BCUT2D eigenvalue weighted by Crippen LogP contribution is 2.30. The molecule has 1 saturated heterocycles. The third-order valence-electron chi connectivity index (χ3n) is 5.53. The van der Waals surface area contributed by atoms with Crippen molar-refractivity contribution in [2.24, 2.45) is 4.99 Å². The molecule has 1 aliphatic rings. The standard InChI is InChI=1S/C25H37N7O2S/c1-15-9-16(2)27-21(26-15)30-22(28-18-13-24(3,4)32-25(5,6)14-18)31-23(35)29-17-10-19(33-7)12-20(11-17)34-8/h9-12,18,32H,13-14H2,1-8H3,(H3,26,27,28,29,30,31,35). The molecule has 2 aromatic rings. The van der Waals surface area contributed by atoms with Gasteiger partial charge < -0.3 is 25.4 Å². The highest BCUT2D eigenvalue weighted by molar-refractivity contribution is 7.80. The lowest BCUT2D eigenvalue weighted by Gasteiger charge is -2.45. The summed E-state index contributed by atoms with van der Waals surface area (Å²) in [6.07, 6.45) is 1.76. The lowest BCUT2D eigenvalue weighted by Crippen LogP contribution is -2.59. The van der Waals surface area contributed by atoms with Gasteiger partial charge in [0.15, 0.2) is 5.11 Å². The van der Waals surface area contributed by atoms with Gasteiger partial charge in [-0.2, -0.15) is 0 Å². The van der Waals surface area contributed by atoms with Crippen molar-refractivity contribution in [3.05, 3.63) is 35.7 Å². The number of ether oxygens (including phenoxy) is 2. The van der Waals surface area contributed by atoms with Crippen LogP contribution in [0.4, 0.5) is 11.6 Å². The van der Waals surface area contributed by atoms with Crippen molar-refractivity contribution >= 4 is 34.9 Å². The molecule has 4 N–H and O–H groups in total. The number of thiocarbonyl (C=S) groups is 1. The first kappa shape index (κ1) is 26.6. The summed E-state index contributed by atoms with van der Waals surface area (Å²) < 4.78 is 10.7. The maximum absolute atomic E-state index is 5.62. The maximum atomic E-state index is 5.62. The second kappa shape index (κ2) is 10.7. The summed E-state index contributed by atoms with van der Waals surface area (Å²) in [5, 5.41) is 13.7. The number of nitrogens with one attached hydrogen (secondary N) is 4. The van der Waals surface area contributed by atoms with Gasteiger partial charge >= 0.3 is 0 Å². The van der Waals surface area contributed by atoms with Crippen molar-refractivity contribution in [1.29, 1.82) is 0 Å². The number of aryl methyl sites for hydroxylation is 2. The Morgan fingerprint density at radius 1 is 0.943 bits per heavy atom. The van der Waals surface area contributed by atoms with E-state index in [-0.39, 0.29) is 17.1 Å². The molecule has 9 nitrogen and oxygen atoms in total. The lowest BCUT2D eigenvalue weighted by atomic mass is 9.80. The highest BCUT2D eigenvalue weighted by Gasteiger charge is 2.37. The SMILES string of the molecule is COc1cc(NC(=S)NC(=NC2CC(C)(C)NC(C)(C)C2)Nc2nc(C)cc(C)n2)cc(OC)c1. The van der Waals surface area contributed by atoms with Gasteiger partial charge in [0, 0.05) is 46.4 Å². The number of hydrogen-bond donors (Lipinski definition) is 4. The average Bonchev–Trinajstić information content (AvgIpc) is 2.70. The predicted molar refractivity (Wildman–Crippen MR) is 146 cm³/mol. The van der Waals surface area contributed by atoms with Gasteiger partial charge in [-0.1, -0.05) is 0 Å². The van der Waals surface area contributed by atoms with E-state index in [2.05, 4.69) is 58.9 Å². The van der Waals surface area contributed by atoms with E-state index in [1.165, 1.54) is 0 Å². The van der Waals surface area contributed by atoms with Crippen LogP contribution in [0.5, 0.6) is 11.5 Å². The molecular weight excluding hydrogens is 462 g/mol. The molecule has 3 rings (SSSR count). The van der Waals surface area contributed by atoms with E-state index in [0.717, 1.165) is 29.9 Å². The number of guanidine groups is 1. The molecule has 1 aromatic carbocycles. The van der Waals surface area contributed by atoms with Crippen LogP contribution in [0.3, 0.4) is 0 Å². The van der Waals surface area contributed by atoms with Crippen molar-refractivity contribution in [2.45, 2.75) is 71.5 Å². The molecule has 0 radical (unpaired) electrons. The minimum atomic E-state index is -0.0483. The first-order valence-electron chi connectivity index (χ1n) is 11.6. The minimum Gasteiger partial charge on any atom is -0.497 e. The van der Waals surface area contributed by atoms with Crippen LogP contribution in [-0.4, -0.2) is 52.4 Å². The van der Waals surface area contributed by atoms with Crippen LogP contribution in [0.25, 0.3) is 0 Å². The molecule has 0 spiro atoms. The molecular formula is C25H37N7O2S. The molecule has 0 unspecified atom stereocenters. The van der Waals surface area contributed by atoms with E-state index in [1.54, 1.807) is 20.3 Å². The molecule has 0 aliphatic carbocycles. The summed E-state index contributed by atoms with van der Waals surface area (Å²) in [6, 6.07) is 7.47. The molecule has 2 heterocycles. The summed E-state index contributed by atoms with van der Waals surface area (Å²) in [5.41, 5.74) is 2.37. The maximum Gasteiger partial charge on any atom is 0.229 e. The number of nitrogens with zero attached hydrogens (tertiary/aromatic N) is 3. The average molecular weight is 500 g/mol. The van der Waals surface area contributed by atoms with E-state index < -0.39 is 0 Å². The zero-order valence-corrected chi connectivity index (χ0v) is 22.7. The van der Waals surface area contributed by atoms with Crippen LogP contribution in [0, 0.1) is 13.8 Å². The number of benzene rings is 1. The molecule has 0 saturated carbocycles. The van der Waals surface area contributed by atoms with Gasteiger partial charge in [-0.05, 0) is 72.7 Å². The highest BCUT2D eigenvalue weighted by atomic mass is 32.1. The number of aromatic nitrogens is 2. The Kier molecular flexibility index (Phi) is 8.17. The van der Waals surface area contributed by atoms with Crippen molar-refractivity contribution < 1.29 is 9.47 Å². The van der Waals surface area contributed by atoms with E-state index in [1.807, 2.05) is 32.0 Å². The van der Waals surface area contributed by atoms with Crippen LogP contribution >= 0.6 is 12.2 Å². The predicted octanol–water partition coefficient (Wildman–Crippen LogP) is 4.17. The van der Waals surface area contributed by atoms with Crippen molar-refractivity contribution in [3.8, 4) is 11.5 Å². The molecule has 0 bridgehead atoms. The Morgan fingerprint density at radius 2 is 1.49 bits per heavy atom. The summed E-state index contributed by atoms with van der Waals surface area (Å²) >= 11 is 5.62. The van der Waals surface area contributed by atoms with Crippen LogP contribution in [0.1, 0.15) is 51.9 Å². The molecule has 0 atom stereocenters. The Labute approximate surface area is 213 Å². The fraction of sp³-hybridized carbons (Fsp3) is 0.520. The molecule has 10 heteroatoms. The number of piperidine rings is 1. The normalized spacial score (nSPS) is 17.4. The Hall–Kier alpha value is -2.98. The van der Waals surface area contributed by atoms with Gasteiger partial charge in [0.1, 0.15) is 11.5 Å². The van der Waals surface area contributed by atoms with Crippen LogP contribution < -0.4 is 30.7 Å². The molecule has 190 valence electrons. The fourth-order valence-corrected chi connectivity index (χ4v) is 4.89. The third-order valence-corrected chi connectivity index (χ3v) is 5.74. The molecule has 1 aliphatic heterocycles. The summed E-state index contributed by atoms with van der Waals surface area (Å²) in [4.78, 5) is 14.0. The molecule has 1 fully saturated rings. The van der Waals surface area contributed by atoms with Gasteiger partial charge in [0.05, 0.1) is 20.3 Å². The van der Waals surface area contributed by atoms with Crippen LogP contribution in [-0.2, 0) is 0 Å². The van der Waals surface area contributed by atoms with Crippen LogP contribution in [0.15, 0.2) is 29.3 Å². The second-order valence-electron chi connectivity index (χ2n) is 10.2. The second-order valence-corrected chi connectivity index (χ2v) is 10.6. The third kappa shape index (κ3) is 8.03. The van der Waals surface area contributed by atoms with E-state index >= 15 is 0 Å². The Morgan fingerprint density at radius 3 is 2.00 bits per heavy atom. The Bertz CT molecular complexity index is 1040. The quantitative estimate of drug-likeness (QED) is 0.274. The van der Waals surface area contributed by atoms with Crippen molar-refractivity contribution in [2.75, 3.05) is 24.9 Å². The van der Waals surface area contributed by atoms with E-state index in [9.17, 15) is 0 Å². The zero-order chi connectivity index (χ0) is 25.8. The number of aliphatic imine (C=N–C) groups is 1. The minimum absolute atomic E-state index is 0.0483. The first-order valence-corrected chi connectivity index (χ1v) is 12.0. The Balaban J connectivity index is 1.86. The number of hydrogen-bond acceptors (Lipinski definition) is 7. The van der Waals surface area contributed by atoms with Gasteiger partial charge in [-0.3, -0.25) is 5.32 Å². The largest absolute Gasteiger partial charge is 0.497 e. The zero-order valence-electron chi connectivity index (χ0n) is 21.9. The van der Waals surface area contributed by atoms with E-state index in [4.69, 9.17) is 26.7 Å². The fourth-order valence-electron chi connectivity index (χ4n) is 4.68. The molecule has 0 amide bonds. The van der Waals surface area contributed by atoms with Gasteiger partial charge in [-0.15, -0.1) is 0 Å². The molecule has 1 aromatic heterocycles. The summed E-state index contributed by atoms with van der Waals surface area (Å²) in [7, 11) is 3.21. The number of anilines is 2. The van der Waals surface area contributed by atoms with Gasteiger partial charge in [-0.25, -0.2) is 15.0 Å². The first-order chi connectivity index (χ1) is 16.4. The monoisotopic (exact) mass is 499 g/mol. The van der Waals surface area contributed by atoms with Crippen molar-refractivity contribution in [3.63, 3.8) is 0 Å². The lowest BCUT2D eigenvalue weighted by molar-refractivity contribution is 0.164. The van der Waals surface area contributed by atoms with Crippen LogP contribution in [0.2, 0.25) is 0 Å². The number of rotatable bonds is 5. The van der Waals surface area contributed by atoms with Gasteiger partial charge in [0.2, 0.25) is 11.9 Å². The smallest absolute Gasteiger partial charge is 0.229 e. The topological polar surface area (TPSA) is 105 Å². The van der Waals surface area contributed by atoms with Gasteiger partial charge in [0.25, 0.3) is 0 Å². The molecule has 35 heavy (non-hydrogen) atoms.